The molecule has 2 fully saturated rings. The lowest BCUT2D eigenvalue weighted by Crippen LogP contribution is -2.53. The number of carbonyl (C=O) groups excluding carboxylic acids is 2. The van der Waals surface area contributed by atoms with E-state index in [1.165, 1.54) is 0 Å². The summed E-state index contributed by atoms with van der Waals surface area (Å²) in [6.45, 7) is 11.9. The van der Waals surface area contributed by atoms with Gasteiger partial charge in [0.25, 0.3) is 0 Å². The van der Waals surface area contributed by atoms with Crippen molar-refractivity contribution in [2.75, 3.05) is 13.6 Å². The van der Waals surface area contributed by atoms with Gasteiger partial charge < -0.3 is 10.2 Å². The quantitative estimate of drug-likeness (QED) is 0.722. The predicted molar refractivity (Wildman–Crippen MR) is 137 cm³/mol. The van der Waals surface area contributed by atoms with Gasteiger partial charge in [-0.25, -0.2) is 9.78 Å². The van der Waals surface area contributed by atoms with E-state index in [-0.39, 0.29) is 46.2 Å². The summed E-state index contributed by atoms with van der Waals surface area (Å²) in [7, 11) is 3.71. The predicted octanol–water partition coefficient (Wildman–Crippen LogP) is 3.43. The smallest absolute Gasteiger partial charge is 0.330 e. The normalized spacial score (nSPS) is 24.9. The number of hydrogen-bond donors (Lipinski definition) is 1. The second-order valence-electron chi connectivity index (χ2n) is 12.5. The highest BCUT2D eigenvalue weighted by Gasteiger charge is 2.42. The van der Waals surface area contributed by atoms with Gasteiger partial charge >= 0.3 is 5.69 Å². The second kappa shape index (κ2) is 9.10. The minimum Gasteiger partial charge on any atom is -0.355 e. The molecule has 3 heterocycles. The number of piperidine rings is 1. The zero-order valence-electron chi connectivity index (χ0n) is 22.4. The highest BCUT2D eigenvalue weighted by Crippen LogP contribution is 2.45. The second-order valence-corrected chi connectivity index (χ2v) is 12.5. The summed E-state index contributed by atoms with van der Waals surface area (Å²) in [6.07, 6.45) is 3.86. The van der Waals surface area contributed by atoms with Crippen LogP contribution in [-0.2, 0) is 23.2 Å². The highest BCUT2D eigenvalue weighted by molar-refractivity contribution is 5.84. The summed E-state index contributed by atoms with van der Waals surface area (Å²) >= 11 is 0. The Kier molecular flexibility index (Phi) is 6.62. The SMILES string of the molecule is CN(C(=O)C1CCC(=O)NC1)C1CC(c2ccc3c(n2)n(C)c(=O)n3CC(C)(C)C)CCC1(C)C. The molecule has 1 saturated carbocycles. The van der Waals surface area contributed by atoms with Gasteiger partial charge in [0.15, 0.2) is 5.65 Å². The van der Waals surface area contributed by atoms with Crippen LogP contribution in [0.4, 0.5) is 0 Å². The first-order valence-corrected chi connectivity index (χ1v) is 12.9. The number of aryl methyl sites for hydroxylation is 1. The van der Waals surface area contributed by atoms with E-state index in [9.17, 15) is 14.4 Å². The Morgan fingerprint density at radius 1 is 1.23 bits per heavy atom. The zero-order chi connectivity index (χ0) is 25.7. The van der Waals surface area contributed by atoms with E-state index in [2.05, 4.69) is 46.0 Å². The van der Waals surface area contributed by atoms with Crippen molar-refractivity contribution in [3.63, 3.8) is 0 Å². The molecular formula is C27H41N5O3. The topological polar surface area (TPSA) is 89.2 Å². The van der Waals surface area contributed by atoms with Crippen molar-refractivity contribution < 1.29 is 9.59 Å². The van der Waals surface area contributed by atoms with Crippen LogP contribution in [0.3, 0.4) is 0 Å². The van der Waals surface area contributed by atoms with Crippen molar-refractivity contribution in [1.29, 1.82) is 0 Å². The molecule has 8 nitrogen and oxygen atoms in total. The molecule has 1 N–H and O–H groups in total. The summed E-state index contributed by atoms with van der Waals surface area (Å²) in [5, 5.41) is 2.84. The van der Waals surface area contributed by atoms with Crippen LogP contribution in [-0.4, -0.2) is 50.5 Å². The lowest BCUT2D eigenvalue weighted by molar-refractivity contribution is -0.141. The summed E-state index contributed by atoms with van der Waals surface area (Å²) in [6, 6.07) is 4.19. The van der Waals surface area contributed by atoms with Gasteiger partial charge in [0.05, 0.1) is 11.4 Å². The maximum absolute atomic E-state index is 13.3. The Morgan fingerprint density at radius 2 is 1.94 bits per heavy atom. The molecule has 1 saturated heterocycles. The Bertz CT molecular complexity index is 1180. The first-order chi connectivity index (χ1) is 16.3. The Labute approximate surface area is 208 Å². The highest BCUT2D eigenvalue weighted by atomic mass is 16.2. The molecule has 0 aromatic carbocycles. The van der Waals surface area contributed by atoms with Gasteiger partial charge in [-0.05, 0) is 48.6 Å². The fourth-order valence-electron chi connectivity index (χ4n) is 5.90. The number of imidazole rings is 1. The van der Waals surface area contributed by atoms with Crippen molar-refractivity contribution in [3.8, 4) is 0 Å². The van der Waals surface area contributed by atoms with Crippen LogP contribution in [0.15, 0.2) is 16.9 Å². The summed E-state index contributed by atoms with van der Waals surface area (Å²) in [5.41, 5.74) is 2.53. The number of rotatable bonds is 4. The first kappa shape index (κ1) is 25.5. The van der Waals surface area contributed by atoms with Gasteiger partial charge in [0.2, 0.25) is 11.8 Å². The zero-order valence-corrected chi connectivity index (χ0v) is 22.4. The molecule has 2 aromatic rings. The van der Waals surface area contributed by atoms with Crippen LogP contribution in [0.25, 0.3) is 11.2 Å². The Balaban J connectivity index is 1.59. The first-order valence-electron chi connectivity index (χ1n) is 12.9. The number of nitrogens with zero attached hydrogens (tertiary/aromatic N) is 4. The van der Waals surface area contributed by atoms with Crippen molar-refractivity contribution in [1.82, 2.24) is 24.3 Å². The lowest BCUT2D eigenvalue weighted by atomic mass is 9.67. The number of aromatic nitrogens is 3. The van der Waals surface area contributed by atoms with E-state index < -0.39 is 0 Å². The van der Waals surface area contributed by atoms with Crippen LogP contribution in [0.5, 0.6) is 0 Å². The number of nitrogens with one attached hydrogen (secondary N) is 1. The summed E-state index contributed by atoms with van der Waals surface area (Å²) in [5.74, 6) is 0.219. The fraction of sp³-hybridized carbons (Fsp3) is 0.704. The minimum absolute atomic E-state index is 0.00812. The summed E-state index contributed by atoms with van der Waals surface area (Å²) < 4.78 is 3.48. The van der Waals surface area contributed by atoms with Gasteiger partial charge in [-0.1, -0.05) is 34.6 Å². The molecule has 3 unspecified atom stereocenters. The standard InChI is InChI=1S/C27H41N5O3/c1-26(2,3)16-32-20-10-9-19(29-23(20)31(7)25(32)35)17-12-13-27(4,5)21(14-17)30(6)24(34)18-8-11-22(33)28-15-18/h9-10,17-18,21H,8,11-16H2,1-7H3,(H,28,33). The van der Waals surface area contributed by atoms with Crippen LogP contribution in [0.1, 0.15) is 78.3 Å². The van der Waals surface area contributed by atoms with E-state index in [0.29, 0.717) is 25.9 Å². The molecule has 2 aromatic heterocycles. The van der Waals surface area contributed by atoms with E-state index in [1.54, 1.807) is 11.6 Å². The third kappa shape index (κ3) is 5.02. The molecule has 8 heteroatoms. The van der Waals surface area contributed by atoms with Crippen molar-refractivity contribution in [2.24, 2.45) is 23.8 Å². The van der Waals surface area contributed by atoms with E-state index >= 15 is 0 Å². The molecule has 3 atom stereocenters. The number of amides is 2. The number of fused-ring (bicyclic) bond motifs is 1. The Morgan fingerprint density at radius 3 is 2.57 bits per heavy atom. The third-order valence-electron chi connectivity index (χ3n) is 8.03. The molecule has 4 rings (SSSR count). The average Bonchev–Trinajstić information content (AvgIpc) is 3.01. The van der Waals surface area contributed by atoms with Gasteiger partial charge in [0.1, 0.15) is 0 Å². The number of hydrogen-bond acceptors (Lipinski definition) is 4. The molecule has 2 aliphatic rings. The lowest BCUT2D eigenvalue weighted by Gasteiger charge is -2.47. The van der Waals surface area contributed by atoms with Gasteiger partial charge in [0, 0.05) is 51.3 Å². The van der Waals surface area contributed by atoms with Crippen LogP contribution in [0, 0.1) is 16.7 Å². The molecule has 192 valence electrons. The van der Waals surface area contributed by atoms with Gasteiger partial charge in [-0.2, -0.15) is 0 Å². The minimum atomic E-state index is -0.152. The summed E-state index contributed by atoms with van der Waals surface area (Å²) in [4.78, 5) is 44.7. The molecular weight excluding hydrogens is 442 g/mol. The van der Waals surface area contributed by atoms with Gasteiger partial charge in [-0.15, -0.1) is 0 Å². The molecule has 0 spiro atoms. The van der Waals surface area contributed by atoms with E-state index in [4.69, 9.17) is 4.98 Å². The maximum Gasteiger partial charge on any atom is 0.330 e. The molecule has 0 radical (unpaired) electrons. The van der Waals surface area contributed by atoms with Crippen molar-refractivity contribution in [2.45, 2.75) is 85.2 Å². The van der Waals surface area contributed by atoms with Crippen molar-refractivity contribution >= 4 is 23.0 Å². The monoisotopic (exact) mass is 483 g/mol. The molecule has 1 aliphatic carbocycles. The number of carbonyl (C=O) groups is 2. The average molecular weight is 484 g/mol. The largest absolute Gasteiger partial charge is 0.355 e. The van der Waals surface area contributed by atoms with Crippen LogP contribution >= 0.6 is 0 Å². The molecule has 2 amide bonds. The Hall–Kier alpha value is -2.64. The number of pyridine rings is 1. The van der Waals surface area contributed by atoms with E-state index in [1.807, 2.05) is 22.6 Å². The maximum atomic E-state index is 13.3. The van der Waals surface area contributed by atoms with Crippen molar-refractivity contribution in [3.05, 3.63) is 28.3 Å². The molecule has 35 heavy (non-hydrogen) atoms. The molecule has 0 bridgehead atoms. The third-order valence-corrected chi connectivity index (χ3v) is 8.03. The fourth-order valence-corrected chi connectivity index (χ4v) is 5.90. The molecule has 1 aliphatic heterocycles. The van der Waals surface area contributed by atoms with Crippen LogP contribution in [0.2, 0.25) is 0 Å². The van der Waals surface area contributed by atoms with E-state index in [0.717, 1.165) is 36.1 Å². The van der Waals surface area contributed by atoms with Crippen LogP contribution < -0.4 is 11.0 Å². The van der Waals surface area contributed by atoms with Gasteiger partial charge in [-0.3, -0.25) is 18.7 Å².